The summed E-state index contributed by atoms with van der Waals surface area (Å²) in [6, 6.07) is 4.58. The average molecular weight is 657 g/mol. The molecule has 226 valence electrons. The molecular weight excluding hydrogens is 632 g/mol. The van der Waals surface area contributed by atoms with Gasteiger partial charge in [0.1, 0.15) is 24.7 Å². The van der Waals surface area contributed by atoms with Gasteiger partial charge in [0.15, 0.2) is 5.69 Å². The van der Waals surface area contributed by atoms with E-state index in [9.17, 15) is 34.6 Å². The van der Waals surface area contributed by atoms with E-state index in [4.69, 9.17) is 14.2 Å². The van der Waals surface area contributed by atoms with Crippen LogP contribution in [0.2, 0.25) is 0 Å². The number of carbonyl (C=O) groups is 3. The number of nitrogens with one attached hydrogen (secondary N) is 1. The number of halogens is 1. The van der Waals surface area contributed by atoms with Crippen molar-refractivity contribution in [2.45, 2.75) is 6.92 Å². The number of nitro benzene ring substituents is 2. The first-order valence-corrected chi connectivity index (χ1v) is 12.4. The molecule has 0 atom stereocenters. The van der Waals surface area contributed by atoms with Crippen molar-refractivity contribution in [1.29, 1.82) is 0 Å². The van der Waals surface area contributed by atoms with Crippen molar-refractivity contribution in [3.8, 4) is 5.75 Å². The van der Waals surface area contributed by atoms with Crippen molar-refractivity contribution in [3.63, 3.8) is 0 Å². The minimum absolute atomic E-state index is 0.00178. The lowest BCUT2D eigenvalue weighted by molar-refractivity contribution is -0.393. The Balaban J connectivity index is 2.59. The molecule has 0 saturated carbocycles. The smallest absolute Gasteiger partial charge is 0.494 e. The number of nitro groups is 2. The van der Waals surface area contributed by atoms with Crippen LogP contribution in [-0.4, -0.2) is 75.7 Å². The quantitative estimate of drug-likeness (QED) is 0.129. The first-order valence-electron chi connectivity index (χ1n) is 11.6. The van der Waals surface area contributed by atoms with Crippen molar-refractivity contribution in [2.75, 3.05) is 57.8 Å². The van der Waals surface area contributed by atoms with E-state index in [1.807, 2.05) is 0 Å². The van der Waals surface area contributed by atoms with Crippen LogP contribution in [-0.2, 0) is 23.7 Å². The highest BCUT2D eigenvalue weighted by atomic mass is 79.9. The number of ether oxygens (including phenoxy) is 5. The highest BCUT2D eigenvalue weighted by Crippen LogP contribution is 2.43. The summed E-state index contributed by atoms with van der Waals surface area (Å²) in [6.45, 7) is 1.04. The fourth-order valence-electron chi connectivity index (χ4n) is 3.31. The van der Waals surface area contributed by atoms with Gasteiger partial charge in [-0.3, -0.25) is 25.0 Å². The van der Waals surface area contributed by atoms with Crippen LogP contribution in [0.5, 0.6) is 5.75 Å². The number of nitrogens with zero attached hydrogens (tertiary/aromatic N) is 5. The van der Waals surface area contributed by atoms with Gasteiger partial charge in [0.25, 0.3) is 5.69 Å². The zero-order valence-corrected chi connectivity index (χ0v) is 24.2. The molecule has 0 unspecified atom stereocenters. The number of hydrogen-bond acceptors (Lipinski definition) is 15. The summed E-state index contributed by atoms with van der Waals surface area (Å²) in [4.78, 5) is 57.5. The van der Waals surface area contributed by atoms with Gasteiger partial charge in [-0.25, -0.2) is 9.59 Å². The topological polar surface area (TPSA) is 224 Å². The lowest BCUT2D eigenvalue weighted by Gasteiger charge is -2.27. The normalized spacial score (nSPS) is 10.5. The second-order valence-electron chi connectivity index (χ2n) is 7.82. The van der Waals surface area contributed by atoms with Crippen molar-refractivity contribution < 1.29 is 47.9 Å². The van der Waals surface area contributed by atoms with Gasteiger partial charge < -0.3 is 33.9 Å². The van der Waals surface area contributed by atoms with Crippen LogP contribution in [0, 0.1) is 20.2 Å². The number of non-ortho nitro benzene ring substituents is 1. The molecule has 0 saturated heterocycles. The Morgan fingerprint density at radius 1 is 0.929 bits per heavy atom. The molecule has 1 N–H and O–H groups in total. The zero-order valence-electron chi connectivity index (χ0n) is 22.7. The molecule has 19 heteroatoms. The Morgan fingerprint density at radius 2 is 1.52 bits per heavy atom. The number of hydrogen-bond donors (Lipinski definition) is 1. The maximum Gasteiger partial charge on any atom is 0.508 e. The second kappa shape index (κ2) is 15.6. The summed E-state index contributed by atoms with van der Waals surface area (Å²) in [5.41, 5.74) is -1.11. The highest BCUT2D eigenvalue weighted by Gasteiger charge is 2.24. The highest BCUT2D eigenvalue weighted by molar-refractivity contribution is 9.10. The number of azo groups is 1. The first-order chi connectivity index (χ1) is 19.9. The van der Waals surface area contributed by atoms with Gasteiger partial charge >= 0.3 is 18.0 Å². The summed E-state index contributed by atoms with van der Waals surface area (Å²) in [5, 5.41) is 33.3. The molecule has 0 aliphatic heterocycles. The molecule has 2 rings (SSSR count). The summed E-state index contributed by atoms with van der Waals surface area (Å²) >= 11 is 3.05. The van der Waals surface area contributed by atoms with Crippen LogP contribution in [0.4, 0.5) is 43.7 Å². The summed E-state index contributed by atoms with van der Waals surface area (Å²) in [7, 11) is 3.62. The molecular formula is C23H25BrN6O12. The molecule has 0 spiro atoms. The van der Waals surface area contributed by atoms with Crippen LogP contribution in [0.25, 0.3) is 0 Å². The number of carbonyl (C=O) groups excluding carboxylic acids is 3. The van der Waals surface area contributed by atoms with E-state index in [0.29, 0.717) is 5.69 Å². The Labute approximate surface area is 245 Å². The maximum absolute atomic E-state index is 12.0. The third-order valence-corrected chi connectivity index (χ3v) is 5.74. The average Bonchev–Trinajstić information content (AvgIpc) is 2.94. The van der Waals surface area contributed by atoms with Crippen molar-refractivity contribution in [3.05, 3.63) is 49.0 Å². The number of benzene rings is 2. The molecule has 42 heavy (non-hydrogen) atoms. The third kappa shape index (κ3) is 9.25. The minimum atomic E-state index is -0.922. The van der Waals surface area contributed by atoms with E-state index in [1.165, 1.54) is 26.2 Å². The summed E-state index contributed by atoms with van der Waals surface area (Å²) < 4.78 is 24.3. The SMILES string of the molecule is COC(=O)OCCN(CCOC(=O)OC)c1cc(NC(C)=O)c(N=Nc2c(Br)cc([N+](=O)[O-])cc2[N+](=O)[O-])cc1OC. The Kier molecular flexibility index (Phi) is 12.3. The van der Waals surface area contributed by atoms with Crippen molar-refractivity contribution in [2.24, 2.45) is 10.2 Å². The predicted molar refractivity (Wildman–Crippen MR) is 148 cm³/mol. The first kappa shape index (κ1) is 33.1. The second-order valence-corrected chi connectivity index (χ2v) is 8.68. The van der Waals surface area contributed by atoms with E-state index in [1.54, 1.807) is 4.90 Å². The van der Waals surface area contributed by atoms with Gasteiger partial charge in [0, 0.05) is 19.1 Å². The largest absolute Gasteiger partial charge is 0.508 e. The maximum atomic E-state index is 12.0. The van der Waals surface area contributed by atoms with Gasteiger partial charge in [-0.15, -0.1) is 10.2 Å². The van der Waals surface area contributed by atoms with Gasteiger partial charge in [-0.2, -0.15) is 0 Å². The number of amides is 1. The van der Waals surface area contributed by atoms with E-state index in [2.05, 4.69) is 40.9 Å². The lowest BCUT2D eigenvalue weighted by atomic mass is 10.2. The van der Waals surface area contributed by atoms with Crippen LogP contribution in [0.3, 0.4) is 0 Å². The van der Waals surface area contributed by atoms with E-state index < -0.39 is 39.4 Å². The van der Waals surface area contributed by atoms with Gasteiger partial charge in [0.05, 0.1) is 66.2 Å². The van der Waals surface area contributed by atoms with Crippen LogP contribution >= 0.6 is 15.9 Å². The fraction of sp³-hybridized carbons (Fsp3) is 0.348. The molecule has 0 heterocycles. The molecule has 0 fully saturated rings. The Morgan fingerprint density at radius 3 is 2.00 bits per heavy atom. The number of methoxy groups -OCH3 is 3. The molecule has 0 aromatic heterocycles. The van der Waals surface area contributed by atoms with E-state index in [0.717, 1.165) is 26.4 Å². The monoisotopic (exact) mass is 656 g/mol. The summed E-state index contributed by atoms with van der Waals surface area (Å²) in [6.07, 6.45) is -1.84. The van der Waals surface area contributed by atoms with Crippen molar-refractivity contribution >= 4 is 68.3 Å². The summed E-state index contributed by atoms with van der Waals surface area (Å²) in [5.74, 6) is -0.328. The molecule has 0 aliphatic rings. The molecule has 0 bridgehead atoms. The molecule has 2 aromatic carbocycles. The van der Waals surface area contributed by atoms with Crippen LogP contribution < -0.4 is 15.0 Å². The molecule has 18 nitrogen and oxygen atoms in total. The predicted octanol–water partition coefficient (Wildman–Crippen LogP) is 5.02. The number of anilines is 2. The third-order valence-electron chi connectivity index (χ3n) is 5.14. The lowest BCUT2D eigenvalue weighted by Crippen LogP contribution is -2.32. The molecule has 0 radical (unpaired) electrons. The van der Waals surface area contributed by atoms with E-state index in [-0.39, 0.29) is 53.6 Å². The van der Waals surface area contributed by atoms with Gasteiger partial charge in [-0.05, 0) is 22.0 Å². The number of rotatable bonds is 13. The fourth-order valence-corrected chi connectivity index (χ4v) is 3.82. The zero-order chi connectivity index (χ0) is 31.4. The van der Waals surface area contributed by atoms with Crippen LogP contribution in [0.1, 0.15) is 6.92 Å². The molecule has 2 aromatic rings. The van der Waals surface area contributed by atoms with Crippen LogP contribution in [0.15, 0.2) is 39.0 Å². The van der Waals surface area contributed by atoms with E-state index >= 15 is 0 Å². The van der Waals surface area contributed by atoms with Gasteiger partial charge in [0.2, 0.25) is 5.91 Å². The Hall–Kier alpha value is -5.07. The van der Waals surface area contributed by atoms with Crippen molar-refractivity contribution in [1.82, 2.24) is 0 Å². The molecule has 0 aliphatic carbocycles. The molecule has 1 amide bonds. The Bertz CT molecular complexity index is 1360. The van der Waals surface area contributed by atoms with Gasteiger partial charge in [-0.1, -0.05) is 0 Å². The minimum Gasteiger partial charge on any atom is -0.494 e. The standard InChI is InChI=1S/C23H25BrN6O12/c1-13(31)25-16-11-18(28(5-7-41-22(32)39-3)6-8-42-23(33)40-4)20(38-2)12-17(16)26-27-21-15(24)9-14(29(34)35)10-19(21)30(36)37/h9-12H,5-8H2,1-4H3,(H,25,31).